The Bertz CT molecular complexity index is 613. The van der Waals surface area contributed by atoms with Gasteiger partial charge in [0.25, 0.3) is 0 Å². The summed E-state index contributed by atoms with van der Waals surface area (Å²) < 4.78 is 6.34. The van der Waals surface area contributed by atoms with Crippen molar-refractivity contribution >= 4 is 21.9 Å². The number of nitrogens with zero attached hydrogens (tertiary/aromatic N) is 1. The lowest BCUT2D eigenvalue weighted by molar-refractivity contribution is 0.0691. The maximum absolute atomic E-state index is 11.1. The molecule has 0 saturated carbocycles. The highest BCUT2D eigenvalue weighted by molar-refractivity contribution is 9.10. The maximum Gasteiger partial charge on any atom is 0.339 e. The molecule has 0 fully saturated rings. The van der Waals surface area contributed by atoms with Gasteiger partial charge in [-0.1, -0.05) is 15.9 Å². The molecule has 2 rings (SSSR count). The second-order valence-electron chi connectivity index (χ2n) is 4.10. The first-order valence-electron chi connectivity index (χ1n) is 5.62. The van der Waals surface area contributed by atoms with Crippen LogP contribution in [0.5, 0.6) is 5.75 Å². The number of halogens is 1. The predicted octanol–water partition coefficient (Wildman–Crippen LogP) is 3.43. The van der Waals surface area contributed by atoms with Crippen LogP contribution in [0.25, 0.3) is 0 Å². The smallest absolute Gasteiger partial charge is 0.339 e. The number of benzene rings is 1. The molecular formula is C14H12BrNO3. The molecule has 1 heterocycles. The van der Waals surface area contributed by atoms with Crippen molar-refractivity contribution in [2.24, 2.45) is 0 Å². The van der Waals surface area contributed by atoms with Gasteiger partial charge in [-0.25, -0.2) is 4.79 Å². The number of ether oxygens (including phenoxy) is 1. The van der Waals surface area contributed by atoms with Crippen LogP contribution in [-0.4, -0.2) is 16.1 Å². The van der Waals surface area contributed by atoms with Crippen LogP contribution in [0.4, 0.5) is 0 Å². The van der Waals surface area contributed by atoms with E-state index in [0.29, 0.717) is 5.75 Å². The summed E-state index contributed by atoms with van der Waals surface area (Å²) in [7, 11) is 0. The summed E-state index contributed by atoms with van der Waals surface area (Å²) in [5.41, 5.74) is 2.08. The van der Waals surface area contributed by atoms with Gasteiger partial charge >= 0.3 is 5.97 Å². The second-order valence-corrected chi connectivity index (χ2v) is 5.02. The normalized spacial score (nSPS) is 10.2. The Morgan fingerprint density at radius 2 is 2.16 bits per heavy atom. The van der Waals surface area contributed by atoms with Crippen molar-refractivity contribution in [1.29, 1.82) is 0 Å². The average molecular weight is 322 g/mol. The maximum atomic E-state index is 11.1. The van der Waals surface area contributed by atoms with Crippen molar-refractivity contribution in [2.45, 2.75) is 13.5 Å². The van der Waals surface area contributed by atoms with Crippen LogP contribution in [-0.2, 0) is 6.61 Å². The molecule has 0 spiro atoms. The van der Waals surface area contributed by atoms with Gasteiger partial charge in [0, 0.05) is 22.4 Å². The quantitative estimate of drug-likeness (QED) is 0.937. The zero-order valence-electron chi connectivity index (χ0n) is 10.3. The van der Waals surface area contributed by atoms with Crippen molar-refractivity contribution in [3.8, 4) is 5.75 Å². The fraction of sp³-hybridized carbons (Fsp3) is 0.143. The molecule has 0 saturated heterocycles. The third-order valence-corrected chi connectivity index (χ3v) is 2.99. The Morgan fingerprint density at radius 3 is 2.84 bits per heavy atom. The molecule has 0 aliphatic heterocycles. The van der Waals surface area contributed by atoms with Crippen molar-refractivity contribution in [2.75, 3.05) is 0 Å². The van der Waals surface area contributed by atoms with E-state index in [2.05, 4.69) is 20.9 Å². The molecule has 1 N–H and O–H groups in total. The van der Waals surface area contributed by atoms with Crippen LogP contribution in [0.2, 0.25) is 0 Å². The third-order valence-electron chi connectivity index (χ3n) is 2.50. The number of hydrogen-bond acceptors (Lipinski definition) is 3. The fourth-order valence-corrected chi connectivity index (χ4v) is 1.99. The minimum absolute atomic E-state index is 0.142. The molecule has 0 radical (unpaired) electrons. The topological polar surface area (TPSA) is 59.4 Å². The van der Waals surface area contributed by atoms with E-state index in [1.165, 1.54) is 6.07 Å². The molecule has 2 aromatic rings. The molecule has 0 aliphatic rings. The van der Waals surface area contributed by atoms with Crippen LogP contribution < -0.4 is 4.74 Å². The molecule has 19 heavy (non-hydrogen) atoms. The van der Waals surface area contributed by atoms with Gasteiger partial charge < -0.3 is 9.84 Å². The highest BCUT2D eigenvalue weighted by Gasteiger charge is 2.11. The summed E-state index contributed by atoms with van der Waals surface area (Å²) >= 11 is 3.30. The van der Waals surface area contributed by atoms with Gasteiger partial charge in [0.1, 0.15) is 17.9 Å². The number of carboxylic acid groups (broad SMARTS) is 1. The second kappa shape index (κ2) is 5.84. The van der Waals surface area contributed by atoms with Crippen LogP contribution in [0.3, 0.4) is 0 Å². The number of carbonyl (C=O) groups is 1. The molecule has 0 unspecified atom stereocenters. The largest absolute Gasteiger partial charge is 0.488 e. The Balaban J connectivity index is 2.19. The number of aryl methyl sites for hydroxylation is 1. The first-order chi connectivity index (χ1) is 9.06. The molecule has 4 nitrogen and oxygen atoms in total. The van der Waals surface area contributed by atoms with E-state index in [-0.39, 0.29) is 12.2 Å². The van der Waals surface area contributed by atoms with Crippen molar-refractivity contribution < 1.29 is 14.6 Å². The summed E-state index contributed by atoms with van der Waals surface area (Å²) in [6.07, 6.45) is 3.46. The van der Waals surface area contributed by atoms with Gasteiger partial charge in [-0.15, -0.1) is 0 Å². The Kier molecular flexibility index (Phi) is 4.16. The van der Waals surface area contributed by atoms with E-state index >= 15 is 0 Å². The van der Waals surface area contributed by atoms with E-state index in [1.807, 2.05) is 13.0 Å². The Morgan fingerprint density at radius 1 is 1.37 bits per heavy atom. The number of hydrogen-bond donors (Lipinski definition) is 1. The van der Waals surface area contributed by atoms with E-state index in [1.54, 1.807) is 24.5 Å². The lowest BCUT2D eigenvalue weighted by Gasteiger charge is -2.09. The van der Waals surface area contributed by atoms with Gasteiger partial charge in [-0.05, 0) is 36.8 Å². The third kappa shape index (κ3) is 3.54. The van der Waals surface area contributed by atoms with Crippen LogP contribution in [0.1, 0.15) is 21.5 Å². The summed E-state index contributed by atoms with van der Waals surface area (Å²) in [5, 5.41) is 9.09. The minimum Gasteiger partial charge on any atom is -0.488 e. The van der Waals surface area contributed by atoms with Crippen molar-refractivity contribution in [1.82, 2.24) is 4.98 Å². The Labute approximate surface area is 119 Å². The summed E-state index contributed by atoms with van der Waals surface area (Å²) in [6.45, 7) is 2.23. The number of pyridine rings is 1. The average Bonchev–Trinajstić information content (AvgIpc) is 2.36. The highest BCUT2D eigenvalue weighted by atomic mass is 79.9. The summed E-state index contributed by atoms with van der Waals surface area (Å²) in [5.74, 6) is -0.673. The predicted molar refractivity (Wildman–Crippen MR) is 74.4 cm³/mol. The number of rotatable bonds is 4. The summed E-state index contributed by atoms with van der Waals surface area (Å²) in [4.78, 5) is 15.2. The molecule has 98 valence electrons. The number of aromatic carboxylic acids is 1. The highest BCUT2D eigenvalue weighted by Crippen LogP contribution is 2.24. The van der Waals surface area contributed by atoms with Gasteiger partial charge in [-0.2, -0.15) is 0 Å². The fourth-order valence-electron chi connectivity index (χ4n) is 1.65. The van der Waals surface area contributed by atoms with Crippen LogP contribution in [0.15, 0.2) is 41.1 Å². The van der Waals surface area contributed by atoms with Gasteiger partial charge in [-0.3, -0.25) is 4.98 Å². The van der Waals surface area contributed by atoms with Gasteiger partial charge in [0.05, 0.1) is 0 Å². The molecule has 5 heteroatoms. The zero-order valence-corrected chi connectivity index (χ0v) is 11.8. The zero-order chi connectivity index (χ0) is 13.8. The van der Waals surface area contributed by atoms with Gasteiger partial charge in [0.2, 0.25) is 0 Å². The monoisotopic (exact) mass is 321 g/mol. The lowest BCUT2D eigenvalue weighted by Crippen LogP contribution is -2.03. The van der Waals surface area contributed by atoms with Crippen LogP contribution in [0, 0.1) is 6.92 Å². The first kappa shape index (κ1) is 13.5. The minimum atomic E-state index is -1.01. The van der Waals surface area contributed by atoms with Gasteiger partial charge in [0.15, 0.2) is 0 Å². The summed E-state index contributed by atoms with van der Waals surface area (Å²) in [6, 6.07) is 6.78. The number of carboxylic acids is 1. The van der Waals surface area contributed by atoms with E-state index in [4.69, 9.17) is 9.84 Å². The number of aromatic nitrogens is 1. The molecule has 0 amide bonds. The van der Waals surface area contributed by atoms with E-state index in [0.717, 1.165) is 15.6 Å². The van der Waals surface area contributed by atoms with E-state index in [9.17, 15) is 4.79 Å². The lowest BCUT2D eigenvalue weighted by atomic mass is 10.2. The molecule has 1 aromatic heterocycles. The van der Waals surface area contributed by atoms with Crippen LogP contribution >= 0.6 is 15.9 Å². The first-order valence-corrected chi connectivity index (χ1v) is 6.42. The molecule has 1 aromatic carbocycles. The SMILES string of the molecule is Cc1cncc(COc2cc(Br)ccc2C(=O)O)c1. The molecular weight excluding hydrogens is 310 g/mol. The van der Waals surface area contributed by atoms with E-state index < -0.39 is 5.97 Å². The van der Waals surface area contributed by atoms with Crippen molar-refractivity contribution in [3.63, 3.8) is 0 Å². The molecule has 0 atom stereocenters. The van der Waals surface area contributed by atoms with Crippen molar-refractivity contribution in [3.05, 3.63) is 57.8 Å². The molecule has 0 bridgehead atoms. The standard InChI is InChI=1S/C14H12BrNO3/c1-9-4-10(7-16-6-9)8-19-13-5-11(15)2-3-12(13)14(17)18/h2-7H,8H2,1H3,(H,17,18). The molecule has 0 aliphatic carbocycles. The Hall–Kier alpha value is -1.88.